The van der Waals surface area contributed by atoms with E-state index in [4.69, 9.17) is 10.0 Å². The van der Waals surface area contributed by atoms with Crippen molar-refractivity contribution in [1.82, 2.24) is 10.2 Å². The Balaban J connectivity index is -0.0000000900. The number of hydrogen-bond acceptors (Lipinski definition) is 3. The summed E-state index contributed by atoms with van der Waals surface area (Å²) in [6.45, 7) is 0. The van der Waals surface area contributed by atoms with Gasteiger partial charge in [-0.05, 0) is 6.07 Å². The van der Waals surface area contributed by atoms with E-state index in [9.17, 15) is 0 Å². The Labute approximate surface area is 102 Å². The van der Waals surface area contributed by atoms with E-state index < -0.39 is 7.69 Å². The summed E-state index contributed by atoms with van der Waals surface area (Å²) in [5.41, 5.74) is 0. The van der Waals surface area contributed by atoms with Gasteiger partial charge >= 0.3 is 59.1 Å². The molecule has 54 valence electrons. The Kier molecular flexibility index (Phi) is 28.0. The summed E-state index contributed by atoms with van der Waals surface area (Å²) in [6.07, 6.45) is 3.46. The van der Waals surface area contributed by atoms with Crippen molar-refractivity contribution in [3.63, 3.8) is 0 Å². The van der Waals surface area contributed by atoms with E-state index in [-0.39, 0.29) is 56.9 Å². The molecule has 0 unspecified atom stereocenters. The standard InChI is InChI=1S/C3H4N2.BH3O2.K.H2O.H/c1-2-4-5-3-1;2-1-3;;;/h1-3H,(H,4,5);1-3H;;1H2;. The molecule has 1 rings (SSSR count). The molecule has 1 aromatic heterocycles. The SMILES string of the molecule is O.OBO.[KH].c1cn[nH]c1. The van der Waals surface area contributed by atoms with E-state index in [1.807, 2.05) is 6.07 Å². The van der Waals surface area contributed by atoms with Crippen molar-refractivity contribution in [2.75, 3.05) is 0 Å². The summed E-state index contributed by atoms with van der Waals surface area (Å²) in [4.78, 5) is 0. The normalized spacial score (nSPS) is 5.40. The van der Waals surface area contributed by atoms with Crippen LogP contribution in [0.3, 0.4) is 0 Å². The van der Waals surface area contributed by atoms with Gasteiger partial charge in [-0.25, -0.2) is 0 Å². The quantitative estimate of drug-likeness (QED) is 0.368. The van der Waals surface area contributed by atoms with Gasteiger partial charge in [0.1, 0.15) is 0 Å². The van der Waals surface area contributed by atoms with E-state index in [1.54, 1.807) is 12.4 Å². The molecule has 0 saturated carbocycles. The maximum Gasteiger partial charge on any atom is 0.0487 e. The minimum atomic E-state index is -0.750. The van der Waals surface area contributed by atoms with Crippen molar-refractivity contribution in [1.29, 1.82) is 0 Å². The van der Waals surface area contributed by atoms with Gasteiger partial charge in [-0.2, -0.15) is 5.10 Å². The maximum absolute atomic E-state index is 7.12. The van der Waals surface area contributed by atoms with Crippen molar-refractivity contribution >= 4 is 59.1 Å². The van der Waals surface area contributed by atoms with Crippen LogP contribution in [0.2, 0.25) is 0 Å². The molecular formula is C3H10BKN2O3. The first kappa shape index (κ1) is 17.0. The minimum absolute atomic E-state index is 0. The first-order valence-electron chi connectivity index (χ1n) is 2.07. The minimum Gasteiger partial charge on any atom is -0.286 e. The predicted octanol–water partition coefficient (Wildman–Crippen LogP) is -2.83. The molecule has 5 nitrogen and oxygen atoms in total. The Hall–Kier alpha value is 0.791. The van der Waals surface area contributed by atoms with Gasteiger partial charge in [0.25, 0.3) is 0 Å². The van der Waals surface area contributed by atoms with Crippen LogP contribution >= 0.6 is 0 Å². The summed E-state index contributed by atoms with van der Waals surface area (Å²) < 4.78 is 0. The molecule has 0 radical (unpaired) electrons. The van der Waals surface area contributed by atoms with Crippen molar-refractivity contribution in [3.8, 4) is 0 Å². The molecule has 1 heterocycles. The Morgan fingerprint density at radius 1 is 1.40 bits per heavy atom. The molecule has 0 aliphatic rings. The van der Waals surface area contributed by atoms with Crippen LogP contribution in [0.25, 0.3) is 0 Å². The van der Waals surface area contributed by atoms with Crippen LogP contribution in [0.1, 0.15) is 0 Å². The molecule has 1 aromatic rings. The number of H-pyrrole nitrogens is 1. The monoisotopic (exact) mass is 172 g/mol. The molecule has 0 fully saturated rings. The zero-order chi connectivity index (χ0) is 6.24. The number of rotatable bonds is 0. The fourth-order valence-corrected chi connectivity index (χ4v) is 0.215. The first-order chi connectivity index (χ1) is 3.91. The molecule has 0 saturated heterocycles. The zero-order valence-electron chi connectivity index (χ0n) is 4.78. The van der Waals surface area contributed by atoms with Gasteiger partial charge < -0.3 is 15.5 Å². The van der Waals surface area contributed by atoms with E-state index in [1.165, 1.54) is 0 Å². The number of aromatic nitrogens is 2. The van der Waals surface area contributed by atoms with Gasteiger partial charge in [-0.15, -0.1) is 0 Å². The Morgan fingerprint density at radius 2 is 1.90 bits per heavy atom. The predicted molar refractivity (Wildman–Crippen MR) is 40.9 cm³/mol. The van der Waals surface area contributed by atoms with Crippen molar-refractivity contribution in [2.45, 2.75) is 0 Å². The molecule has 0 aromatic carbocycles. The van der Waals surface area contributed by atoms with Crippen molar-refractivity contribution < 1.29 is 15.5 Å². The second kappa shape index (κ2) is 16.4. The van der Waals surface area contributed by atoms with Gasteiger partial charge in [-0.1, -0.05) is 0 Å². The summed E-state index contributed by atoms with van der Waals surface area (Å²) >= 11 is 0. The van der Waals surface area contributed by atoms with Crippen LogP contribution in [0.15, 0.2) is 18.5 Å². The van der Waals surface area contributed by atoms with Crippen LogP contribution in [-0.4, -0.2) is 84.8 Å². The van der Waals surface area contributed by atoms with Crippen LogP contribution in [-0.2, 0) is 0 Å². The second-order valence-electron chi connectivity index (χ2n) is 0.908. The van der Waals surface area contributed by atoms with Crippen LogP contribution < -0.4 is 0 Å². The molecular weight excluding hydrogens is 162 g/mol. The fourth-order valence-electron chi connectivity index (χ4n) is 0.215. The Bertz CT molecular complexity index is 88.6. The van der Waals surface area contributed by atoms with E-state index >= 15 is 0 Å². The van der Waals surface area contributed by atoms with Crippen molar-refractivity contribution in [3.05, 3.63) is 18.5 Å². The number of hydrogen-bond donors (Lipinski definition) is 3. The van der Waals surface area contributed by atoms with E-state index in [0.29, 0.717) is 0 Å². The molecule has 0 amide bonds. The summed E-state index contributed by atoms with van der Waals surface area (Å²) in [5.74, 6) is 0. The average Bonchev–Trinajstić information content (AvgIpc) is 2.17. The fraction of sp³-hybridized carbons (Fsp3) is 0. The molecule has 5 N–H and O–H groups in total. The molecule has 0 bridgehead atoms. The smallest absolute Gasteiger partial charge is 0.0487 e. The third kappa shape index (κ3) is 15.9. The Morgan fingerprint density at radius 3 is 2.00 bits per heavy atom. The first-order valence-corrected chi connectivity index (χ1v) is 2.07. The second-order valence-corrected chi connectivity index (χ2v) is 0.908. The number of nitrogens with one attached hydrogen (secondary N) is 1. The molecule has 0 aliphatic carbocycles. The third-order valence-electron chi connectivity index (χ3n) is 0.406. The third-order valence-corrected chi connectivity index (χ3v) is 0.406. The maximum atomic E-state index is 7.12. The summed E-state index contributed by atoms with van der Waals surface area (Å²) in [7, 11) is -0.750. The van der Waals surface area contributed by atoms with Gasteiger partial charge in [0.05, 0.1) is 0 Å². The van der Waals surface area contributed by atoms with Gasteiger partial charge in [-0.3, -0.25) is 5.10 Å². The van der Waals surface area contributed by atoms with Crippen LogP contribution in [0.4, 0.5) is 0 Å². The zero-order valence-corrected chi connectivity index (χ0v) is 4.78. The van der Waals surface area contributed by atoms with Gasteiger partial charge in [0.2, 0.25) is 0 Å². The summed E-state index contributed by atoms with van der Waals surface area (Å²) in [5, 5.41) is 20.5. The molecule has 10 heavy (non-hydrogen) atoms. The van der Waals surface area contributed by atoms with Crippen molar-refractivity contribution in [2.24, 2.45) is 0 Å². The van der Waals surface area contributed by atoms with Gasteiger partial charge in [0, 0.05) is 12.4 Å². The van der Waals surface area contributed by atoms with Gasteiger partial charge in [0.15, 0.2) is 0 Å². The molecule has 0 aliphatic heterocycles. The largest absolute Gasteiger partial charge is 0.286 e. The van der Waals surface area contributed by atoms with E-state index in [0.717, 1.165) is 0 Å². The average molecular weight is 172 g/mol. The van der Waals surface area contributed by atoms with Crippen LogP contribution in [0.5, 0.6) is 0 Å². The number of nitrogens with zero attached hydrogens (tertiary/aromatic N) is 1. The van der Waals surface area contributed by atoms with Crippen LogP contribution in [0, 0.1) is 0 Å². The molecule has 7 heteroatoms. The molecule has 0 spiro atoms. The summed E-state index contributed by atoms with van der Waals surface area (Å²) in [6, 6.07) is 1.83. The number of aromatic amines is 1. The molecule has 0 atom stereocenters. The van der Waals surface area contributed by atoms with E-state index in [2.05, 4.69) is 10.2 Å². The topological polar surface area (TPSA) is 101 Å².